The second-order valence-electron chi connectivity index (χ2n) is 10.3. The molecule has 0 bridgehead atoms. The van der Waals surface area contributed by atoms with Gasteiger partial charge in [-0.25, -0.2) is 0 Å². The molecule has 0 amide bonds. The predicted octanol–water partition coefficient (Wildman–Crippen LogP) is 2.61. The Balaban J connectivity index is 1.12. The van der Waals surface area contributed by atoms with Crippen molar-refractivity contribution in [2.24, 2.45) is 0 Å². The molecule has 4 atom stereocenters. The van der Waals surface area contributed by atoms with Crippen LogP contribution in [0, 0.1) is 0 Å². The van der Waals surface area contributed by atoms with Crippen molar-refractivity contribution in [1.82, 2.24) is 15.0 Å². The minimum absolute atomic E-state index is 0.215. The number of aliphatic hydroxyl groups excluding tert-OH is 4. The minimum atomic E-state index is -1.24. The number of nitrogens with zero attached hydrogens (tertiary/aromatic N) is 3. The number of hydrogen-bond donors (Lipinski definition) is 5. The van der Waals surface area contributed by atoms with Gasteiger partial charge in [0.2, 0.25) is 11.7 Å². The third-order valence-corrected chi connectivity index (χ3v) is 7.94. The molecule has 9 nitrogen and oxygen atoms in total. The Bertz CT molecular complexity index is 1200. The van der Waals surface area contributed by atoms with Crippen LogP contribution in [-0.4, -0.2) is 86.1 Å². The average molecular weight is 543 g/mol. The van der Waals surface area contributed by atoms with E-state index < -0.39 is 24.4 Å². The molecule has 1 saturated heterocycles. The van der Waals surface area contributed by atoms with Gasteiger partial charge in [-0.05, 0) is 55.0 Å². The van der Waals surface area contributed by atoms with E-state index >= 15 is 0 Å². The molecule has 0 spiro atoms. The molecule has 10 heteroatoms. The van der Waals surface area contributed by atoms with Gasteiger partial charge in [-0.3, -0.25) is 4.90 Å². The molecular formula is C28H35ClN4O5. The van der Waals surface area contributed by atoms with Crippen LogP contribution < -0.4 is 5.32 Å². The van der Waals surface area contributed by atoms with Gasteiger partial charge in [0.1, 0.15) is 12.2 Å². The van der Waals surface area contributed by atoms with E-state index in [9.17, 15) is 20.4 Å². The Morgan fingerprint density at radius 3 is 2.42 bits per heavy atom. The number of nitrogens with one attached hydrogen (secondary N) is 1. The summed E-state index contributed by atoms with van der Waals surface area (Å²) in [6.45, 7) is 1.23. The van der Waals surface area contributed by atoms with Crippen LogP contribution >= 0.6 is 11.6 Å². The summed E-state index contributed by atoms with van der Waals surface area (Å²) < 4.78 is 5.46. The number of aromatic nitrogens is 2. The van der Waals surface area contributed by atoms with E-state index in [0.717, 1.165) is 42.6 Å². The summed E-state index contributed by atoms with van der Waals surface area (Å²) in [6.07, 6.45) is 1.50. The fourth-order valence-electron chi connectivity index (χ4n) is 5.13. The Morgan fingerprint density at radius 2 is 1.74 bits per heavy atom. The molecule has 2 fully saturated rings. The number of anilines is 1. The first-order valence-corrected chi connectivity index (χ1v) is 13.6. The first kappa shape index (κ1) is 27.1. The number of aliphatic hydroxyl groups is 4. The highest BCUT2D eigenvalue weighted by molar-refractivity contribution is 6.31. The number of piperidine rings is 1. The number of likely N-dealkylation sites (tertiary alicyclic amines) is 1. The molecule has 0 unspecified atom stereocenters. The molecule has 1 aliphatic heterocycles. The van der Waals surface area contributed by atoms with Crippen molar-refractivity contribution >= 4 is 17.3 Å². The standard InChI is InChI=1S/C28H35ClN4O5/c29-21-12-20(27-31-28(38-32-27)19-2-1-3-19)13-22(14-21)30-10-8-17-4-6-18(7-5-17)9-11-33-15-24(35)26(37)25(36)23(33)16-34/h4-7,12-14,19,23-26,30,34-37H,1-3,8-11,15-16H2/t23-,24+,25-,26-/m1/s1. The van der Waals surface area contributed by atoms with E-state index in [1.54, 1.807) is 0 Å². The van der Waals surface area contributed by atoms with Crippen molar-refractivity contribution in [2.45, 2.75) is 62.4 Å². The molecule has 5 N–H and O–H groups in total. The Morgan fingerprint density at radius 1 is 1.00 bits per heavy atom. The number of benzene rings is 2. The van der Waals surface area contributed by atoms with Crippen molar-refractivity contribution in [3.8, 4) is 11.4 Å². The van der Waals surface area contributed by atoms with Crippen LogP contribution in [0.25, 0.3) is 11.4 Å². The number of β-amino-alcohol motifs (C(OH)–C–C–N with tert-alkyl or cyclic N) is 1. The van der Waals surface area contributed by atoms with Crippen molar-refractivity contribution in [3.63, 3.8) is 0 Å². The van der Waals surface area contributed by atoms with Crippen molar-refractivity contribution in [2.75, 3.05) is 31.6 Å². The van der Waals surface area contributed by atoms with Gasteiger partial charge in [-0.2, -0.15) is 4.98 Å². The van der Waals surface area contributed by atoms with Crippen LogP contribution in [0.4, 0.5) is 5.69 Å². The van der Waals surface area contributed by atoms with E-state index in [2.05, 4.69) is 39.7 Å². The molecule has 0 radical (unpaired) electrons. The maximum Gasteiger partial charge on any atom is 0.230 e. The van der Waals surface area contributed by atoms with Gasteiger partial charge in [0.15, 0.2) is 0 Å². The highest BCUT2D eigenvalue weighted by Crippen LogP contribution is 2.36. The van der Waals surface area contributed by atoms with Crippen LogP contribution in [-0.2, 0) is 12.8 Å². The molecule has 204 valence electrons. The maximum absolute atomic E-state index is 10.2. The van der Waals surface area contributed by atoms with Crippen LogP contribution in [0.2, 0.25) is 5.02 Å². The molecular weight excluding hydrogens is 508 g/mol. The summed E-state index contributed by atoms with van der Waals surface area (Å²) in [5.74, 6) is 1.65. The average Bonchev–Trinajstić information content (AvgIpc) is 3.35. The van der Waals surface area contributed by atoms with Crippen molar-refractivity contribution in [3.05, 3.63) is 64.5 Å². The topological polar surface area (TPSA) is 135 Å². The zero-order valence-corrected chi connectivity index (χ0v) is 22.0. The van der Waals surface area contributed by atoms with Gasteiger partial charge < -0.3 is 30.3 Å². The molecule has 2 aliphatic rings. The van der Waals surface area contributed by atoms with E-state index in [-0.39, 0.29) is 13.2 Å². The Kier molecular flexibility index (Phi) is 8.62. The lowest BCUT2D eigenvalue weighted by atomic mass is 9.85. The molecule has 1 saturated carbocycles. The van der Waals surface area contributed by atoms with Crippen LogP contribution in [0.5, 0.6) is 0 Å². The maximum atomic E-state index is 10.2. The fraction of sp³-hybridized carbons (Fsp3) is 0.500. The van der Waals surface area contributed by atoms with Gasteiger partial charge in [0.25, 0.3) is 0 Å². The quantitative estimate of drug-likeness (QED) is 0.262. The van der Waals surface area contributed by atoms with E-state index in [1.165, 1.54) is 12.0 Å². The van der Waals surface area contributed by atoms with Gasteiger partial charge in [-0.15, -0.1) is 0 Å². The molecule has 1 aromatic heterocycles. The summed E-state index contributed by atoms with van der Waals surface area (Å²) in [7, 11) is 0. The molecule has 2 aromatic carbocycles. The summed E-state index contributed by atoms with van der Waals surface area (Å²) in [5, 5.41) is 47.9. The third-order valence-electron chi connectivity index (χ3n) is 7.72. The lowest BCUT2D eigenvalue weighted by Crippen LogP contribution is -2.62. The number of halogens is 1. The normalized spacial score (nSPS) is 24.3. The second kappa shape index (κ2) is 12.1. The van der Waals surface area contributed by atoms with Gasteiger partial charge >= 0.3 is 0 Å². The summed E-state index contributed by atoms with van der Waals surface area (Å²) in [5.41, 5.74) is 4.03. The monoisotopic (exact) mass is 542 g/mol. The van der Waals surface area contributed by atoms with Crippen LogP contribution in [0.3, 0.4) is 0 Å². The molecule has 3 aromatic rings. The van der Waals surface area contributed by atoms with Crippen LogP contribution in [0.1, 0.15) is 42.2 Å². The number of hydrogen-bond acceptors (Lipinski definition) is 9. The van der Waals surface area contributed by atoms with Crippen molar-refractivity contribution < 1.29 is 24.9 Å². The predicted molar refractivity (Wildman–Crippen MR) is 144 cm³/mol. The van der Waals surface area contributed by atoms with Crippen LogP contribution in [0.15, 0.2) is 47.0 Å². The van der Waals surface area contributed by atoms with E-state index in [1.807, 2.05) is 23.1 Å². The highest BCUT2D eigenvalue weighted by Gasteiger charge is 2.40. The van der Waals surface area contributed by atoms with Gasteiger partial charge in [0.05, 0.1) is 18.8 Å². The summed E-state index contributed by atoms with van der Waals surface area (Å²) in [4.78, 5) is 6.41. The zero-order chi connectivity index (χ0) is 26.6. The lowest BCUT2D eigenvalue weighted by molar-refractivity contribution is -0.144. The molecule has 1 aliphatic carbocycles. The zero-order valence-electron chi connectivity index (χ0n) is 21.2. The van der Waals surface area contributed by atoms with E-state index in [4.69, 9.17) is 16.1 Å². The first-order chi connectivity index (χ1) is 18.4. The fourth-order valence-corrected chi connectivity index (χ4v) is 5.36. The second-order valence-corrected chi connectivity index (χ2v) is 10.8. The molecule has 38 heavy (non-hydrogen) atoms. The molecule has 2 heterocycles. The van der Waals surface area contributed by atoms with Crippen molar-refractivity contribution in [1.29, 1.82) is 0 Å². The smallest absolute Gasteiger partial charge is 0.230 e. The van der Waals surface area contributed by atoms with Gasteiger partial charge in [0, 0.05) is 41.8 Å². The summed E-state index contributed by atoms with van der Waals surface area (Å²) in [6, 6.07) is 13.5. The highest BCUT2D eigenvalue weighted by atomic mass is 35.5. The minimum Gasteiger partial charge on any atom is -0.395 e. The van der Waals surface area contributed by atoms with E-state index in [0.29, 0.717) is 35.6 Å². The SMILES string of the molecule is OC[C@@H]1[C@@H](O)[C@H](O)[C@@H](O)CN1CCc1ccc(CCNc2cc(Cl)cc(-c3noc(C4CCC4)n3)c2)cc1. The Hall–Kier alpha value is -2.53. The third kappa shape index (κ3) is 6.20. The number of rotatable bonds is 10. The summed E-state index contributed by atoms with van der Waals surface area (Å²) >= 11 is 6.36. The van der Waals surface area contributed by atoms with Gasteiger partial charge in [-0.1, -0.05) is 47.4 Å². The largest absolute Gasteiger partial charge is 0.395 e. The Labute approximate surface area is 227 Å². The molecule has 5 rings (SSSR count). The lowest BCUT2D eigenvalue weighted by Gasteiger charge is -2.43. The first-order valence-electron chi connectivity index (χ1n) is 13.3.